The zero-order valence-electron chi connectivity index (χ0n) is 15.4. The highest BCUT2D eigenvalue weighted by Crippen LogP contribution is 2.35. The van der Waals surface area contributed by atoms with Gasteiger partial charge in [0.2, 0.25) is 0 Å². The third-order valence-electron chi connectivity index (χ3n) is 3.87. The van der Waals surface area contributed by atoms with Crippen molar-refractivity contribution >= 4 is 11.9 Å². The van der Waals surface area contributed by atoms with E-state index in [9.17, 15) is 9.59 Å². The second-order valence-electron chi connectivity index (χ2n) is 5.62. The fourth-order valence-electron chi connectivity index (χ4n) is 2.70. The Bertz CT molecular complexity index is 635. The molecule has 0 radical (unpaired) electrons. The van der Waals surface area contributed by atoms with E-state index in [-0.39, 0.29) is 13.2 Å². The van der Waals surface area contributed by atoms with Crippen molar-refractivity contribution < 1.29 is 33.3 Å². The van der Waals surface area contributed by atoms with Crippen LogP contribution < -0.4 is 4.74 Å². The second-order valence-corrected chi connectivity index (χ2v) is 5.62. The van der Waals surface area contributed by atoms with Gasteiger partial charge in [-0.05, 0) is 44.6 Å². The molecule has 7 nitrogen and oxygen atoms in total. The van der Waals surface area contributed by atoms with Crippen molar-refractivity contribution in [3.05, 3.63) is 42.0 Å². The first-order valence-corrected chi connectivity index (χ1v) is 8.44. The summed E-state index contributed by atoms with van der Waals surface area (Å²) in [7, 11) is 1.41. The van der Waals surface area contributed by atoms with Crippen molar-refractivity contribution in [2.45, 2.75) is 38.8 Å². The quantitative estimate of drug-likeness (QED) is 0.417. The zero-order valence-corrected chi connectivity index (χ0v) is 15.4. The van der Waals surface area contributed by atoms with E-state index in [1.165, 1.54) is 7.11 Å². The number of rotatable bonds is 7. The normalized spacial score (nSPS) is 21.5. The Hall–Kier alpha value is -2.38. The number of methoxy groups -OCH3 is 1. The van der Waals surface area contributed by atoms with Gasteiger partial charge in [-0.2, -0.15) is 0 Å². The van der Waals surface area contributed by atoms with Crippen LogP contribution in [-0.2, 0) is 28.5 Å². The molecule has 142 valence electrons. The average molecular weight is 364 g/mol. The number of esters is 2. The SMILES string of the molecule is CCOC(=O)C1(C(=O)OCC)O[C@H](OC)C=C(C)[C@@H]1Oc1ccccc1. The Labute approximate surface area is 152 Å². The summed E-state index contributed by atoms with van der Waals surface area (Å²) in [5, 5.41) is 0. The Kier molecular flexibility index (Phi) is 6.76. The van der Waals surface area contributed by atoms with Gasteiger partial charge in [0.1, 0.15) is 5.75 Å². The number of benzene rings is 1. The Morgan fingerprint density at radius 3 is 2.15 bits per heavy atom. The highest BCUT2D eigenvalue weighted by molar-refractivity contribution is 6.05. The van der Waals surface area contributed by atoms with Crippen LogP contribution in [0.5, 0.6) is 5.75 Å². The van der Waals surface area contributed by atoms with Crippen molar-refractivity contribution in [3.63, 3.8) is 0 Å². The first kappa shape index (κ1) is 19.9. The highest BCUT2D eigenvalue weighted by Gasteiger charge is 2.62. The van der Waals surface area contributed by atoms with E-state index in [2.05, 4.69) is 0 Å². The van der Waals surface area contributed by atoms with Gasteiger partial charge in [-0.1, -0.05) is 18.2 Å². The van der Waals surface area contributed by atoms with Crippen LogP contribution in [0.1, 0.15) is 20.8 Å². The number of hydrogen-bond donors (Lipinski definition) is 0. The minimum Gasteiger partial charge on any atom is -0.482 e. The summed E-state index contributed by atoms with van der Waals surface area (Å²) in [6.45, 7) is 5.16. The van der Waals surface area contributed by atoms with Crippen LogP contribution in [0.25, 0.3) is 0 Å². The van der Waals surface area contributed by atoms with E-state index in [1.807, 2.05) is 6.07 Å². The molecule has 0 fully saturated rings. The van der Waals surface area contributed by atoms with Crippen molar-refractivity contribution in [1.82, 2.24) is 0 Å². The molecule has 0 aliphatic carbocycles. The summed E-state index contributed by atoms with van der Waals surface area (Å²) < 4.78 is 27.2. The van der Waals surface area contributed by atoms with Gasteiger partial charge in [-0.3, -0.25) is 0 Å². The summed E-state index contributed by atoms with van der Waals surface area (Å²) >= 11 is 0. The number of para-hydroxylation sites is 1. The smallest absolute Gasteiger partial charge is 0.354 e. The molecule has 0 saturated heterocycles. The van der Waals surface area contributed by atoms with Crippen LogP contribution in [0.2, 0.25) is 0 Å². The standard InChI is InChI=1S/C19H24O7/c1-5-23-17(20)19(18(21)24-6-2)16(13(3)12-15(22-4)26-19)25-14-10-8-7-9-11-14/h7-12,15-16H,5-6H2,1-4H3/t15-,16-/m0/s1. The molecule has 1 aromatic rings. The van der Waals surface area contributed by atoms with Gasteiger partial charge in [0.25, 0.3) is 0 Å². The maximum atomic E-state index is 12.8. The Morgan fingerprint density at radius 2 is 1.65 bits per heavy atom. The molecule has 0 saturated carbocycles. The Morgan fingerprint density at radius 1 is 1.08 bits per heavy atom. The molecular formula is C19H24O7. The van der Waals surface area contributed by atoms with Crippen molar-refractivity contribution in [2.75, 3.05) is 20.3 Å². The summed E-state index contributed by atoms with van der Waals surface area (Å²) in [5.74, 6) is -1.29. The summed E-state index contributed by atoms with van der Waals surface area (Å²) in [4.78, 5) is 25.7. The van der Waals surface area contributed by atoms with Gasteiger partial charge in [-0.15, -0.1) is 0 Å². The lowest BCUT2D eigenvalue weighted by Crippen LogP contribution is -2.64. The maximum absolute atomic E-state index is 12.8. The van der Waals surface area contributed by atoms with Gasteiger partial charge in [0, 0.05) is 7.11 Å². The topological polar surface area (TPSA) is 80.3 Å². The maximum Gasteiger partial charge on any atom is 0.354 e. The molecule has 1 aliphatic rings. The van der Waals surface area contributed by atoms with Crippen LogP contribution in [-0.4, -0.2) is 50.3 Å². The number of ether oxygens (including phenoxy) is 5. The molecule has 26 heavy (non-hydrogen) atoms. The Balaban J connectivity index is 2.54. The molecule has 0 spiro atoms. The first-order valence-electron chi connectivity index (χ1n) is 8.44. The van der Waals surface area contributed by atoms with Crippen LogP contribution >= 0.6 is 0 Å². The van der Waals surface area contributed by atoms with Crippen molar-refractivity contribution in [1.29, 1.82) is 0 Å². The second kappa shape index (κ2) is 8.82. The summed E-state index contributed by atoms with van der Waals surface area (Å²) in [6, 6.07) is 8.84. The van der Waals surface area contributed by atoms with Crippen molar-refractivity contribution in [3.8, 4) is 5.75 Å². The first-order chi connectivity index (χ1) is 12.5. The molecule has 2 atom stereocenters. The lowest BCUT2D eigenvalue weighted by atomic mass is 9.88. The number of carbonyl (C=O) groups is 2. The molecule has 2 rings (SSSR count). The number of carbonyl (C=O) groups excluding carboxylic acids is 2. The minimum atomic E-state index is -2.12. The molecule has 0 N–H and O–H groups in total. The minimum absolute atomic E-state index is 0.0712. The lowest BCUT2D eigenvalue weighted by Gasteiger charge is -2.41. The van der Waals surface area contributed by atoms with Gasteiger partial charge < -0.3 is 23.7 Å². The van der Waals surface area contributed by atoms with Gasteiger partial charge in [0.15, 0.2) is 12.4 Å². The van der Waals surface area contributed by atoms with E-state index in [1.54, 1.807) is 51.1 Å². The fourth-order valence-corrected chi connectivity index (χ4v) is 2.70. The van der Waals surface area contributed by atoms with Crippen LogP contribution in [0.4, 0.5) is 0 Å². The summed E-state index contributed by atoms with van der Waals surface area (Å²) in [6.07, 6.45) is -0.335. The highest BCUT2D eigenvalue weighted by atomic mass is 16.7. The lowest BCUT2D eigenvalue weighted by molar-refractivity contribution is -0.235. The monoisotopic (exact) mass is 364 g/mol. The molecule has 7 heteroatoms. The molecular weight excluding hydrogens is 340 g/mol. The third-order valence-corrected chi connectivity index (χ3v) is 3.87. The van der Waals surface area contributed by atoms with Crippen LogP contribution in [0.15, 0.2) is 42.0 Å². The van der Waals surface area contributed by atoms with E-state index < -0.39 is 29.9 Å². The van der Waals surface area contributed by atoms with E-state index >= 15 is 0 Å². The molecule has 1 aliphatic heterocycles. The van der Waals surface area contributed by atoms with Crippen molar-refractivity contribution in [2.24, 2.45) is 0 Å². The summed E-state index contributed by atoms with van der Waals surface area (Å²) in [5.41, 5.74) is -1.53. The van der Waals surface area contributed by atoms with Gasteiger partial charge in [-0.25, -0.2) is 9.59 Å². The van der Waals surface area contributed by atoms with E-state index in [0.717, 1.165) is 0 Å². The van der Waals surface area contributed by atoms with E-state index in [0.29, 0.717) is 11.3 Å². The largest absolute Gasteiger partial charge is 0.482 e. The fraction of sp³-hybridized carbons (Fsp3) is 0.474. The average Bonchev–Trinajstić information content (AvgIpc) is 2.64. The molecule has 1 heterocycles. The predicted molar refractivity (Wildman–Crippen MR) is 92.5 cm³/mol. The third kappa shape index (κ3) is 3.89. The van der Waals surface area contributed by atoms with Crippen LogP contribution in [0.3, 0.4) is 0 Å². The molecule has 0 bridgehead atoms. The molecule has 0 unspecified atom stereocenters. The molecule has 0 amide bonds. The zero-order chi connectivity index (χ0) is 19.2. The van der Waals surface area contributed by atoms with Gasteiger partial charge in [0.05, 0.1) is 13.2 Å². The van der Waals surface area contributed by atoms with E-state index in [4.69, 9.17) is 23.7 Å². The molecule has 1 aromatic carbocycles. The van der Waals surface area contributed by atoms with Crippen LogP contribution in [0, 0.1) is 0 Å². The molecule has 0 aromatic heterocycles. The van der Waals surface area contributed by atoms with Gasteiger partial charge >= 0.3 is 17.5 Å². The number of hydrogen-bond acceptors (Lipinski definition) is 7. The predicted octanol–water partition coefficient (Wildman–Crippen LogP) is 2.25.